The fourth-order valence-electron chi connectivity index (χ4n) is 2.42. The predicted octanol–water partition coefficient (Wildman–Crippen LogP) is 5.21. The van der Waals surface area contributed by atoms with Crippen LogP contribution in [0.1, 0.15) is 38.7 Å². The highest BCUT2D eigenvalue weighted by atomic mass is 19.1. The molecule has 2 aromatic rings. The van der Waals surface area contributed by atoms with Crippen LogP contribution in [-0.2, 0) is 4.79 Å². The molecule has 21 heavy (non-hydrogen) atoms. The standard InChI is InChI=1S/C19H21FO/c1-13(2)11-19(21)14(3)16-9-10-17(18(20)12-16)15-7-5-4-6-8-15/h4-10,12-14H,11H2,1-3H3. The monoisotopic (exact) mass is 284 g/mol. The highest BCUT2D eigenvalue weighted by Crippen LogP contribution is 2.27. The number of hydrogen-bond acceptors (Lipinski definition) is 1. The molecular weight excluding hydrogens is 263 g/mol. The fraction of sp³-hybridized carbons (Fsp3) is 0.316. The lowest BCUT2D eigenvalue weighted by atomic mass is 9.90. The van der Waals surface area contributed by atoms with Crippen LogP contribution >= 0.6 is 0 Å². The van der Waals surface area contributed by atoms with Gasteiger partial charge in [0.25, 0.3) is 0 Å². The van der Waals surface area contributed by atoms with Crippen molar-refractivity contribution < 1.29 is 9.18 Å². The molecule has 0 amide bonds. The molecule has 0 N–H and O–H groups in total. The highest BCUT2D eigenvalue weighted by Gasteiger charge is 2.18. The summed E-state index contributed by atoms with van der Waals surface area (Å²) >= 11 is 0. The molecule has 0 aliphatic heterocycles. The summed E-state index contributed by atoms with van der Waals surface area (Å²) in [6.45, 7) is 5.88. The molecule has 0 radical (unpaired) electrons. The van der Waals surface area contributed by atoms with Crippen molar-refractivity contribution in [3.05, 3.63) is 59.9 Å². The van der Waals surface area contributed by atoms with Crippen molar-refractivity contribution in [2.24, 2.45) is 5.92 Å². The van der Waals surface area contributed by atoms with Gasteiger partial charge in [0, 0.05) is 17.9 Å². The minimum absolute atomic E-state index is 0.164. The van der Waals surface area contributed by atoms with Crippen LogP contribution in [0.2, 0.25) is 0 Å². The van der Waals surface area contributed by atoms with Gasteiger partial charge in [-0.15, -0.1) is 0 Å². The third-order valence-electron chi connectivity index (χ3n) is 3.67. The van der Waals surface area contributed by atoms with E-state index in [0.717, 1.165) is 11.1 Å². The third kappa shape index (κ3) is 3.78. The van der Waals surface area contributed by atoms with E-state index >= 15 is 0 Å². The van der Waals surface area contributed by atoms with E-state index in [1.165, 1.54) is 6.07 Å². The van der Waals surface area contributed by atoms with E-state index in [1.54, 1.807) is 6.07 Å². The molecule has 0 aliphatic carbocycles. The summed E-state index contributed by atoms with van der Waals surface area (Å²) in [6, 6.07) is 14.5. The first kappa shape index (κ1) is 15.4. The Labute approximate surface area is 125 Å². The molecule has 0 saturated heterocycles. The largest absolute Gasteiger partial charge is 0.299 e. The van der Waals surface area contributed by atoms with Gasteiger partial charge in [-0.2, -0.15) is 0 Å². The lowest BCUT2D eigenvalue weighted by Crippen LogP contribution is -2.12. The summed E-state index contributed by atoms with van der Waals surface area (Å²) in [5, 5.41) is 0. The average molecular weight is 284 g/mol. The molecule has 0 spiro atoms. The van der Waals surface area contributed by atoms with Crippen LogP contribution in [0.3, 0.4) is 0 Å². The number of ketones is 1. The van der Waals surface area contributed by atoms with Crippen molar-refractivity contribution in [3.63, 3.8) is 0 Å². The Morgan fingerprint density at radius 3 is 2.29 bits per heavy atom. The van der Waals surface area contributed by atoms with Gasteiger partial charge < -0.3 is 0 Å². The molecule has 1 unspecified atom stereocenters. The second-order valence-corrected chi connectivity index (χ2v) is 5.89. The molecule has 2 rings (SSSR count). The number of Topliss-reactive ketones (excluding diaryl/α,β-unsaturated/α-hetero) is 1. The highest BCUT2D eigenvalue weighted by molar-refractivity contribution is 5.85. The second kappa shape index (κ2) is 6.66. The Morgan fingerprint density at radius 2 is 1.71 bits per heavy atom. The van der Waals surface area contributed by atoms with Crippen LogP contribution in [0, 0.1) is 11.7 Å². The zero-order chi connectivity index (χ0) is 15.4. The topological polar surface area (TPSA) is 17.1 Å². The Bertz CT molecular complexity index is 617. The Morgan fingerprint density at radius 1 is 1.05 bits per heavy atom. The van der Waals surface area contributed by atoms with Gasteiger partial charge in [-0.25, -0.2) is 4.39 Å². The summed E-state index contributed by atoms with van der Waals surface area (Å²) in [5.41, 5.74) is 2.17. The van der Waals surface area contributed by atoms with Gasteiger partial charge in [0.2, 0.25) is 0 Å². The Hall–Kier alpha value is -1.96. The van der Waals surface area contributed by atoms with Gasteiger partial charge in [-0.1, -0.05) is 63.2 Å². The van der Waals surface area contributed by atoms with Crippen molar-refractivity contribution in [1.82, 2.24) is 0 Å². The SMILES string of the molecule is CC(C)CC(=O)C(C)c1ccc(-c2ccccc2)c(F)c1. The molecule has 0 aliphatic rings. The van der Waals surface area contributed by atoms with Crippen molar-refractivity contribution in [2.45, 2.75) is 33.1 Å². The van der Waals surface area contributed by atoms with Crippen LogP contribution in [0.15, 0.2) is 48.5 Å². The molecule has 0 bridgehead atoms. The predicted molar refractivity (Wildman–Crippen MR) is 84.7 cm³/mol. The average Bonchev–Trinajstić information content (AvgIpc) is 2.46. The maximum absolute atomic E-state index is 14.3. The molecule has 1 atom stereocenters. The smallest absolute Gasteiger partial charge is 0.140 e. The maximum Gasteiger partial charge on any atom is 0.140 e. The molecule has 2 heteroatoms. The zero-order valence-corrected chi connectivity index (χ0v) is 12.8. The van der Waals surface area contributed by atoms with Crippen LogP contribution in [0.25, 0.3) is 11.1 Å². The summed E-state index contributed by atoms with van der Waals surface area (Å²) in [6.07, 6.45) is 0.531. The van der Waals surface area contributed by atoms with Crippen molar-refractivity contribution in [2.75, 3.05) is 0 Å². The summed E-state index contributed by atoms with van der Waals surface area (Å²) < 4.78 is 14.3. The van der Waals surface area contributed by atoms with E-state index in [4.69, 9.17) is 0 Å². The molecule has 0 saturated carbocycles. The fourth-order valence-corrected chi connectivity index (χ4v) is 2.42. The van der Waals surface area contributed by atoms with E-state index in [1.807, 2.05) is 57.2 Å². The van der Waals surface area contributed by atoms with Gasteiger partial charge in [0.05, 0.1) is 0 Å². The summed E-state index contributed by atoms with van der Waals surface area (Å²) in [7, 11) is 0. The number of halogens is 1. The quantitative estimate of drug-likeness (QED) is 0.736. The van der Waals surface area contributed by atoms with Crippen LogP contribution in [0.5, 0.6) is 0 Å². The van der Waals surface area contributed by atoms with Crippen molar-refractivity contribution in [1.29, 1.82) is 0 Å². The Balaban J connectivity index is 2.25. The maximum atomic E-state index is 14.3. The first-order valence-electron chi connectivity index (χ1n) is 7.36. The number of hydrogen-bond donors (Lipinski definition) is 0. The number of carbonyl (C=O) groups excluding carboxylic acids is 1. The molecule has 0 heterocycles. The lowest BCUT2D eigenvalue weighted by Gasteiger charge is -2.14. The zero-order valence-electron chi connectivity index (χ0n) is 12.8. The van der Waals surface area contributed by atoms with E-state index in [2.05, 4.69) is 0 Å². The minimum Gasteiger partial charge on any atom is -0.299 e. The summed E-state index contributed by atoms with van der Waals surface area (Å²) in [4.78, 5) is 12.1. The molecule has 2 aromatic carbocycles. The number of carbonyl (C=O) groups is 1. The van der Waals surface area contributed by atoms with Gasteiger partial charge in [-0.05, 0) is 23.1 Å². The van der Waals surface area contributed by atoms with Gasteiger partial charge in [0.1, 0.15) is 11.6 Å². The normalized spacial score (nSPS) is 12.4. The van der Waals surface area contributed by atoms with Crippen LogP contribution < -0.4 is 0 Å². The molecular formula is C19H21FO. The first-order valence-corrected chi connectivity index (χ1v) is 7.36. The molecule has 0 fully saturated rings. The van der Waals surface area contributed by atoms with E-state index in [-0.39, 0.29) is 17.5 Å². The van der Waals surface area contributed by atoms with E-state index in [0.29, 0.717) is 17.9 Å². The van der Waals surface area contributed by atoms with Gasteiger partial charge in [-0.3, -0.25) is 4.79 Å². The molecule has 110 valence electrons. The van der Waals surface area contributed by atoms with Crippen LogP contribution in [0.4, 0.5) is 4.39 Å². The summed E-state index contributed by atoms with van der Waals surface area (Å²) in [5.74, 6) is -0.0418. The first-order chi connectivity index (χ1) is 9.99. The number of benzene rings is 2. The van der Waals surface area contributed by atoms with Crippen molar-refractivity contribution in [3.8, 4) is 11.1 Å². The van der Waals surface area contributed by atoms with Crippen LogP contribution in [-0.4, -0.2) is 5.78 Å². The second-order valence-electron chi connectivity index (χ2n) is 5.89. The van der Waals surface area contributed by atoms with E-state index < -0.39 is 0 Å². The minimum atomic E-state index is -0.275. The molecule has 0 aromatic heterocycles. The Kier molecular flexibility index (Phi) is 4.89. The van der Waals surface area contributed by atoms with E-state index in [9.17, 15) is 9.18 Å². The number of rotatable bonds is 5. The van der Waals surface area contributed by atoms with Crippen molar-refractivity contribution >= 4 is 5.78 Å². The third-order valence-corrected chi connectivity index (χ3v) is 3.67. The lowest BCUT2D eigenvalue weighted by molar-refractivity contribution is -0.120. The van der Waals surface area contributed by atoms with Gasteiger partial charge >= 0.3 is 0 Å². The molecule has 1 nitrogen and oxygen atoms in total. The van der Waals surface area contributed by atoms with Gasteiger partial charge in [0.15, 0.2) is 0 Å².